The van der Waals surface area contributed by atoms with Crippen molar-refractivity contribution in [3.05, 3.63) is 75.8 Å². The smallest absolute Gasteiger partial charge is 0.426 e. The number of esters is 1. The van der Waals surface area contributed by atoms with Crippen molar-refractivity contribution < 1.29 is 45.0 Å². The first-order valence-corrected chi connectivity index (χ1v) is 10.3. The Kier molecular flexibility index (Phi) is 7.21. The molecule has 1 saturated carbocycles. The average molecular weight is 511 g/mol. The fourth-order valence-electron chi connectivity index (χ4n) is 3.57. The molecule has 1 aliphatic rings. The van der Waals surface area contributed by atoms with Gasteiger partial charge in [-0.1, -0.05) is 49.7 Å². The zero-order valence-corrected chi connectivity index (χ0v) is 18.5. The lowest BCUT2D eigenvalue weighted by molar-refractivity contribution is -0.147. The highest BCUT2D eigenvalue weighted by Crippen LogP contribution is 2.60. The van der Waals surface area contributed by atoms with Crippen molar-refractivity contribution in [1.82, 2.24) is 0 Å². The van der Waals surface area contributed by atoms with Crippen LogP contribution in [0.5, 0.6) is 5.75 Å². The summed E-state index contributed by atoms with van der Waals surface area (Å²) in [6, 6.07) is 7.77. The molecule has 0 heterocycles. The Balaban J connectivity index is 1.73. The highest BCUT2D eigenvalue weighted by molar-refractivity contribution is 6.30. The molecule has 0 saturated heterocycles. The lowest BCUT2D eigenvalue weighted by Gasteiger charge is -2.13. The molecule has 0 radical (unpaired) electrons. The molecule has 0 aromatic heterocycles. The quantitative estimate of drug-likeness (QED) is 0.233. The van der Waals surface area contributed by atoms with Crippen molar-refractivity contribution in [2.75, 3.05) is 0 Å². The van der Waals surface area contributed by atoms with Crippen molar-refractivity contribution in [3.63, 3.8) is 0 Å². The van der Waals surface area contributed by atoms with Gasteiger partial charge in [0.05, 0.1) is 17.0 Å². The number of hydrogen-bond donors (Lipinski definition) is 0. The Morgan fingerprint density at radius 2 is 1.47 bits per heavy atom. The maximum Gasteiger partial charge on any atom is 0.426 e. The van der Waals surface area contributed by atoms with E-state index < -0.39 is 82.0 Å². The SMILES string of the molecule is CC1(C)C(C=C(Cl)C(F)(F)F)C1C(=O)OCc1c(F)c(F)c(COc2ccccc2)c(F)c1F. The molecule has 0 amide bonds. The molecule has 2 aromatic carbocycles. The number of alkyl halides is 3. The molecule has 2 unspecified atom stereocenters. The van der Waals surface area contributed by atoms with E-state index in [4.69, 9.17) is 21.1 Å². The summed E-state index contributed by atoms with van der Waals surface area (Å²) < 4.78 is 106. The molecule has 2 atom stereocenters. The maximum absolute atomic E-state index is 14.4. The summed E-state index contributed by atoms with van der Waals surface area (Å²) in [4.78, 5) is 12.3. The molecule has 11 heteroatoms. The number of benzene rings is 2. The van der Waals surface area contributed by atoms with Gasteiger partial charge in [0, 0.05) is 0 Å². The second-order valence-corrected chi connectivity index (χ2v) is 8.67. The van der Waals surface area contributed by atoms with Gasteiger partial charge in [0.15, 0.2) is 23.3 Å². The normalized spacial score (nSPS) is 19.6. The van der Waals surface area contributed by atoms with Crippen LogP contribution in [0.25, 0.3) is 0 Å². The summed E-state index contributed by atoms with van der Waals surface area (Å²) in [5, 5.41) is -1.42. The molecule has 2 aromatic rings. The minimum Gasteiger partial charge on any atom is -0.489 e. The Labute approximate surface area is 195 Å². The first kappa shape index (κ1) is 25.9. The van der Waals surface area contributed by atoms with Crippen LogP contribution in [0, 0.1) is 40.5 Å². The third kappa shape index (κ3) is 5.16. The summed E-state index contributed by atoms with van der Waals surface area (Å²) in [5.74, 6) is -9.90. The standard InChI is InChI=1S/C23H18ClF7O3/c1-22(2)14(8-15(24)23(29,30)31)16(22)21(32)34-10-13-19(27)17(25)12(18(26)20(13)28)9-33-11-6-4-3-5-7-11/h3-8,14,16H,9-10H2,1-2H3. The van der Waals surface area contributed by atoms with Crippen molar-refractivity contribution in [2.45, 2.75) is 33.2 Å². The molecular weight excluding hydrogens is 493 g/mol. The fraction of sp³-hybridized carbons (Fsp3) is 0.348. The number of ether oxygens (including phenoxy) is 2. The summed E-state index contributed by atoms with van der Waals surface area (Å²) >= 11 is 5.21. The Hall–Kier alpha value is -2.75. The van der Waals surface area contributed by atoms with Gasteiger partial charge in [-0.25, -0.2) is 17.6 Å². The summed E-state index contributed by atoms with van der Waals surface area (Å²) in [7, 11) is 0. The zero-order chi connectivity index (χ0) is 25.4. The van der Waals surface area contributed by atoms with Crippen LogP contribution < -0.4 is 4.74 Å². The molecular formula is C23H18ClF7O3. The molecule has 1 fully saturated rings. The number of carbonyl (C=O) groups excluding carboxylic acids is 1. The molecule has 1 aliphatic carbocycles. The van der Waals surface area contributed by atoms with Crippen molar-refractivity contribution in [3.8, 4) is 5.75 Å². The number of carbonyl (C=O) groups is 1. The lowest BCUT2D eigenvalue weighted by atomic mass is 10.1. The monoisotopic (exact) mass is 510 g/mol. The molecule has 184 valence electrons. The van der Waals surface area contributed by atoms with Crippen LogP contribution in [0.15, 0.2) is 41.4 Å². The highest BCUT2D eigenvalue weighted by atomic mass is 35.5. The van der Waals surface area contributed by atoms with Crippen LogP contribution in [0.2, 0.25) is 0 Å². The second-order valence-electron chi connectivity index (χ2n) is 8.26. The van der Waals surface area contributed by atoms with E-state index in [0.29, 0.717) is 6.08 Å². The summed E-state index contributed by atoms with van der Waals surface area (Å²) in [5.41, 5.74) is -3.15. The Morgan fingerprint density at radius 3 is 1.97 bits per heavy atom. The van der Waals surface area contributed by atoms with Crippen LogP contribution in [-0.4, -0.2) is 12.1 Å². The van der Waals surface area contributed by atoms with Crippen molar-refractivity contribution in [2.24, 2.45) is 17.3 Å². The Morgan fingerprint density at radius 1 is 0.971 bits per heavy atom. The topological polar surface area (TPSA) is 35.5 Å². The molecule has 0 aliphatic heterocycles. The number of allylic oxidation sites excluding steroid dienone is 2. The van der Waals surface area contributed by atoms with Gasteiger partial charge in [0.1, 0.15) is 24.0 Å². The molecule has 3 rings (SSSR count). The largest absolute Gasteiger partial charge is 0.489 e. The van der Waals surface area contributed by atoms with E-state index in [2.05, 4.69) is 0 Å². The van der Waals surface area contributed by atoms with E-state index in [-0.39, 0.29) is 5.75 Å². The van der Waals surface area contributed by atoms with E-state index in [1.165, 1.54) is 26.0 Å². The van der Waals surface area contributed by atoms with E-state index in [0.717, 1.165) is 0 Å². The van der Waals surface area contributed by atoms with Crippen LogP contribution in [0.1, 0.15) is 25.0 Å². The van der Waals surface area contributed by atoms with E-state index in [1.807, 2.05) is 0 Å². The molecule has 34 heavy (non-hydrogen) atoms. The van der Waals surface area contributed by atoms with Gasteiger partial charge < -0.3 is 9.47 Å². The number of hydrogen-bond acceptors (Lipinski definition) is 3. The first-order chi connectivity index (χ1) is 15.8. The minimum atomic E-state index is -4.80. The average Bonchev–Trinajstić information content (AvgIpc) is 3.31. The predicted octanol–water partition coefficient (Wildman–Crippen LogP) is 6.82. The molecule has 3 nitrogen and oxygen atoms in total. The highest BCUT2D eigenvalue weighted by Gasteiger charge is 2.62. The minimum absolute atomic E-state index is 0.210. The molecule has 0 bridgehead atoms. The van der Waals surface area contributed by atoms with Crippen LogP contribution in [0.3, 0.4) is 0 Å². The summed E-state index contributed by atoms with van der Waals surface area (Å²) in [6.07, 6.45) is -4.14. The van der Waals surface area contributed by atoms with Gasteiger partial charge >= 0.3 is 12.1 Å². The van der Waals surface area contributed by atoms with Crippen molar-refractivity contribution >= 4 is 17.6 Å². The van der Waals surface area contributed by atoms with Gasteiger partial charge in [0.25, 0.3) is 0 Å². The second kappa shape index (κ2) is 9.48. The van der Waals surface area contributed by atoms with Gasteiger partial charge in [-0.05, 0) is 23.5 Å². The van der Waals surface area contributed by atoms with Gasteiger partial charge in [0.2, 0.25) is 0 Å². The van der Waals surface area contributed by atoms with E-state index >= 15 is 0 Å². The molecule has 0 N–H and O–H groups in total. The van der Waals surface area contributed by atoms with Crippen LogP contribution >= 0.6 is 11.6 Å². The third-order valence-corrected chi connectivity index (χ3v) is 6.03. The molecule has 0 spiro atoms. The first-order valence-electron chi connectivity index (χ1n) is 9.89. The third-order valence-electron chi connectivity index (χ3n) is 5.69. The fourth-order valence-corrected chi connectivity index (χ4v) is 3.71. The van der Waals surface area contributed by atoms with Gasteiger partial charge in [-0.15, -0.1) is 0 Å². The number of halogens is 8. The summed E-state index contributed by atoms with van der Waals surface area (Å²) in [6.45, 7) is 0.978. The predicted molar refractivity (Wildman–Crippen MR) is 108 cm³/mol. The van der Waals surface area contributed by atoms with Crippen molar-refractivity contribution in [1.29, 1.82) is 0 Å². The Bertz CT molecular complexity index is 1080. The van der Waals surface area contributed by atoms with Crippen LogP contribution in [-0.2, 0) is 22.7 Å². The zero-order valence-electron chi connectivity index (χ0n) is 17.8. The maximum atomic E-state index is 14.4. The van der Waals surface area contributed by atoms with Crippen LogP contribution in [0.4, 0.5) is 30.7 Å². The lowest BCUT2D eigenvalue weighted by Crippen LogP contribution is -2.15. The van der Waals surface area contributed by atoms with Gasteiger partial charge in [-0.3, -0.25) is 4.79 Å². The van der Waals surface area contributed by atoms with Gasteiger partial charge in [-0.2, -0.15) is 13.2 Å². The number of rotatable bonds is 7. The van der Waals surface area contributed by atoms with E-state index in [9.17, 15) is 35.5 Å². The van der Waals surface area contributed by atoms with E-state index in [1.54, 1.807) is 18.2 Å². The number of para-hydroxylation sites is 1.